The van der Waals surface area contributed by atoms with Crippen molar-refractivity contribution in [1.82, 2.24) is 4.90 Å². The molecule has 58 valence electrons. The minimum Gasteiger partial charge on any atom is -0.380 e. The van der Waals surface area contributed by atoms with Crippen LogP contribution in [0.5, 0.6) is 0 Å². The Morgan fingerprint density at radius 3 is 2.27 bits per heavy atom. The third-order valence-electron chi connectivity index (χ3n) is 1.02. The van der Waals surface area contributed by atoms with Crippen LogP contribution in [0, 0.1) is 17.9 Å². The van der Waals surface area contributed by atoms with Crippen LogP contribution in [0.15, 0.2) is 10.7 Å². The van der Waals surface area contributed by atoms with Gasteiger partial charge in [0.05, 0.1) is 17.7 Å². The zero-order valence-corrected chi connectivity index (χ0v) is 7.57. The van der Waals surface area contributed by atoms with Gasteiger partial charge in [0.2, 0.25) is 0 Å². The standard InChI is InChI=1S/C7H9N3S/c1-9-6(5-8)7(11-4)10(2)3/h2-4H3. The number of nitrogens with zero attached hydrogens (tertiary/aromatic N) is 3. The molecule has 0 aliphatic rings. The average Bonchev–Trinajstić information content (AvgIpc) is 1.99. The maximum atomic E-state index is 8.51. The number of allylic oxidation sites excluding steroid dienone is 1. The maximum absolute atomic E-state index is 8.51. The van der Waals surface area contributed by atoms with Crippen molar-refractivity contribution < 1.29 is 0 Å². The first-order valence-corrected chi connectivity index (χ1v) is 4.13. The number of thioether (sulfide) groups is 1. The molecule has 0 atom stereocenters. The average molecular weight is 167 g/mol. The van der Waals surface area contributed by atoms with Crippen molar-refractivity contribution in [1.29, 1.82) is 5.26 Å². The largest absolute Gasteiger partial charge is 0.380 e. The van der Waals surface area contributed by atoms with Crippen LogP contribution in [-0.4, -0.2) is 25.3 Å². The molecular weight excluding hydrogens is 158 g/mol. The first-order chi connectivity index (χ1) is 5.17. The van der Waals surface area contributed by atoms with E-state index in [-0.39, 0.29) is 5.70 Å². The Morgan fingerprint density at radius 1 is 1.64 bits per heavy atom. The van der Waals surface area contributed by atoms with Crippen LogP contribution in [-0.2, 0) is 0 Å². The molecule has 0 aliphatic heterocycles. The van der Waals surface area contributed by atoms with Gasteiger partial charge in [0.15, 0.2) is 0 Å². The molecule has 4 heteroatoms. The van der Waals surface area contributed by atoms with Gasteiger partial charge in [0.25, 0.3) is 5.70 Å². The van der Waals surface area contributed by atoms with E-state index in [2.05, 4.69) is 4.85 Å². The zero-order valence-electron chi connectivity index (χ0n) is 6.75. The van der Waals surface area contributed by atoms with Crippen molar-refractivity contribution in [2.24, 2.45) is 0 Å². The van der Waals surface area contributed by atoms with Gasteiger partial charge >= 0.3 is 0 Å². The molecule has 0 amide bonds. The Kier molecular flexibility index (Phi) is 4.17. The molecule has 0 aromatic carbocycles. The zero-order chi connectivity index (χ0) is 8.85. The molecular formula is C7H9N3S. The Labute approximate surface area is 71.1 Å². The summed E-state index contributed by atoms with van der Waals surface area (Å²) in [6, 6.07) is 1.85. The van der Waals surface area contributed by atoms with Crippen LogP contribution in [0.3, 0.4) is 0 Å². The molecule has 0 aromatic rings. The highest BCUT2D eigenvalue weighted by atomic mass is 32.2. The fourth-order valence-electron chi connectivity index (χ4n) is 0.612. The second-order valence-corrected chi connectivity index (χ2v) is 2.77. The predicted octanol–water partition coefficient (Wildman–Crippen LogP) is 1.52. The van der Waals surface area contributed by atoms with Gasteiger partial charge < -0.3 is 4.90 Å². The summed E-state index contributed by atoms with van der Waals surface area (Å²) in [5.74, 6) is 0. The molecule has 0 N–H and O–H groups in total. The normalized spacial score (nSPS) is 11.0. The van der Waals surface area contributed by atoms with Crippen molar-refractivity contribution in [3.8, 4) is 6.07 Å². The Morgan fingerprint density at radius 2 is 2.18 bits per heavy atom. The lowest BCUT2D eigenvalue weighted by Crippen LogP contribution is -2.09. The highest BCUT2D eigenvalue weighted by molar-refractivity contribution is 8.02. The molecule has 0 saturated heterocycles. The smallest absolute Gasteiger partial charge is 0.290 e. The summed E-state index contributed by atoms with van der Waals surface area (Å²) < 4.78 is 0. The number of nitriles is 1. The van der Waals surface area contributed by atoms with E-state index in [9.17, 15) is 0 Å². The SMILES string of the molecule is [C-]#[N+]C(C#N)=C(SC)N(C)C. The fourth-order valence-corrected chi connectivity index (χ4v) is 1.26. The summed E-state index contributed by atoms with van der Waals surface area (Å²) in [6.45, 7) is 6.69. The Bertz CT molecular complexity index is 225. The van der Waals surface area contributed by atoms with Gasteiger partial charge in [-0.05, 0) is 6.26 Å². The molecule has 0 heterocycles. The first kappa shape index (κ1) is 9.87. The fraction of sp³-hybridized carbons (Fsp3) is 0.429. The van der Waals surface area contributed by atoms with E-state index in [0.717, 1.165) is 0 Å². The van der Waals surface area contributed by atoms with Gasteiger partial charge in [-0.3, -0.25) is 0 Å². The highest BCUT2D eigenvalue weighted by Crippen LogP contribution is 2.19. The molecule has 0 fully saturated rings. The van der Waals surface area contributed by atoms with Gasteiger partial charge in [-0.2, -0.15) is 0 Å². The summed E-state index contributed by atoms with van der Waals surface area (Å²) in [5.41, 5.74) is 0.155. The predicted molar refractivity (Wildman–Crippen MR) is 46.4 cm³/mol. The van der Waals surface area contributed by atoms with Crippen molar-refractivity contribution in [2.45, 2.75) is 0 Å². The summed E-state index contributed by atoms with van der Waals surface area (Å²) in [7, 11) is 3.63. The van der Waals surface area contributed by atoms with Crippen molar-refractivity contribution in [2.75, 3.05) is 20.4 Å². The third kappa shape index (κ3) is 2.53. The monoisotopic (exact) mass is 167 g/mol. The van der Waals surface area contributed by atoms with E-state index >= 15 is 0 Å². The van der Waals surface area contributed by atoms with Crippen LogP contribution in [0.4, 0.5) is 0 Å². The van der Waals surface area contributed by atoms with Gasteiger partial charge in [0.1, 0.15) is 0 Å². The maximum Gasteiger partial charge on any atom is 0.290 e. The van der Waals surface area contributed by atoms with Crippen LogP contribution >= 0.6 is 11.8 Å². The molecule has 0 aliphatic carbocycles. The molecule has 0 bridgehead atoms. The van der Waals surface area contributed by atoms with Crippen LogP contribution in [0.2, 0.25) is 0 Å². The highest BCUT2D eigenvalue weighted by Gasteiger charge is 2.05. The molecule has 0 aromatic heterocycles. The van der Waals surface area contributed by atoms with Gasteiger partial charge in [-0.15, -0.1) is 11.8 Å². The molecule has 11 heavy (non-hydrogen) atoms. The van der Waals surface area contributed by atoms with Crippen molar-refractivity contribution in [3.05, 3.63) is 22.1 Å². The van der Waals surface area contributed by atoms with Gasteiger partial charge in [-0.1, -0.05) is 0 Å². The topological polar surface area (TPSA) is 31.4 Å². The Hall–Kier alpha value is -1.13. The minimum absolute atomic E-state index is 0.155. The summed E-state index contributed by atoms with van der Waals surface area (Å²) in [4.78, 5) is 4.87. The summed E-state index contributed by atoms with van der Waals surface area (Å²) in [6.07, 6.45) is 1.85. The lowest BCUT2D eigenvalue weighted by molar-refractivity contribution is 0.548. The summed E-state index contributed by atoms with van der Waals surface area (Å²) >= 11 is 1.40. The molecule has 0 radical (unpaired) electrons. The molecule has 0 spiro atoms. The Balaban J connectivity index is 4.86. The molecule has 0 unspecified atom stereocenters. The summed E-state index contributed by atoms with van der Waals surface area (Å²) in [5, 5.41) is 9.23. The van der Waals surface area contributed by atoms with Crippen LogP contribution in [0.1, 0.15) is 0 Å². The van der Waals surface area contributed by atoms with Crippen LogP contribution < -0.4 is 0 Å². The number of hydrogen-bond acceptors (Lipinski definition) is 3. The number of hydrogen-bond donors (Lipinski definition) is 0. The quantitative estimate of drug-likeness (QED) is 0.461. The first-order valence-electron chi connectivity index (χ1n) is 2.90. The van der Waals surface area contributed by atoms with E-state index in [0.29, 0.717) is 5.03 Å². The van der Waals surface area contributed by atoms with E-state index < -0.39 is 0 Å². The van der Waals surface area contributed by atoms with Gasteiger partial charge in [-0.25, -0.2) is 10.1 Å². The lowest BCUT2D eigenvalue weighted by atomic mass is 10.5. The minimum atomic E-state index is 0.155. The van der Waals surface area contributed by atoms with Crippen LogP contribution in [0.25, 0.3) is 4.85 Å². The second kappa shape index (κ2) is 4.65. The molecule has 0 rings (SSSR count). The van der Waals surface area contributed by atoms with E-state index in [1.54, 1.807) is 4.90 Å². The van der Waals surface area contributed by atoms with E-state index in [4.69, 9.17) is 11.8 Å². The van der Waals surface area contributed by atoms with E-state index in [1.165, 1.54) is 11.8 Å². The molecule has 3 nitrogen and oxygen atoms in total. The molecule has 0 saturated carbocycles. The number of rotatable bonds is 2. The lowest BCUT2D eigenvalue weighted by Gasteiger charge is -2.14. The van der Waals surface area contributed by atoms with E-state index in [1.807, 2.05) is 26.4 Å². The third-order valence-corrected chi connectivity index (χ3v) is 1.97. The van der Waals surface area contributed by atoms with Crippen molar-refractivity contribution >= 4 is 11.8 Å². The van der Waals surface area contributed by atoms with Crippen molar-refractivity contribution in [3.63, 3.8) is 0 Å². The van der Waals surface area contributed by atoms with Gasteiger partial charge in [0, 0.05) is 14.1 Å². The second-order valence-electron chi connectivity index (χ2n) is 1.98.